The minimum absolute atomic E-state index is 0.183. The molecule has 0 fully saturated rings. The van der Waals surface area contributed by atoms with E-state index in [0.29, 0.717) is 12.5 Å². The molecule has 0 aromatic rings. The molecule has 3 unspecified atom stereocenters. The second-order valence-electron chi connectivity index (χ2n) is 8.75. The van der Waals surface area contributed by atoms with E-state index in [-0.39, 0.29) is 6.10 Å². The van der Waals surface area contributed by atoms with Crippen molar-refractivity contribution in [2.45, 2.75) is 142 Å². The van der Waals surface area contributed by atoms with Gasteiger partial charge < -0.3 is 15.3 Å². The summed E-state index contributed by atoms with van der Waals surface area (Å²) < 4.78 is 0. The Morgan fingerprint density at radius 2 is 1.22 bits per heavy atom. The quantitative estimate of drug-likeness (QED) is 0.213. The van der Waals surface area contributed by atoms with E-state index in [1.54, 1.807) is 0 Å². The lowest BCUT2D eigenvalue weighted by Crippen LogP contribution is -2.38. The molecule has 3 heteroatoms. The van der Waals surface area contributed by atoms with E-state index in [4.69, 9.17) is 5.11 Å². The van der Waals surface area contributed by atoms with Crippen LogP contribution in [0.2, 0.25) is 0 Å². The SMILES string of the molecule is CCCCC(CC)C(O)(CCCCCCCCO)CCCCCCC(C)O. The van der Waals surface area contributed by atoms with Crippen LogP contribution >= 0.6 is 0 Å². The van der Waals surface area contributed by atoms with Gasteiger partial charge >= 0.3 is 0 Å². The van der Waals surface area contributed by atoms with Crippen LogP contribution in [-0.4, -0.2) is 33.6 Å². The Hall–Kier alpha value is -0.120. The van der Waals surface area contributed by atoms with E-state index in [0.717, 1.165) is 70.6 Å². The van der Waals surface area contributed by atoms with Gasteiger partial charge in [0.25, 0.3) is 0 Å². The normalized spacial score (nSPS) is 16.2. The lowest BCUT2D eigenvalue weighted by Gasteiger charge is -2.37. The van der Waals surface area contributed by atoms with Gasteiger partial charge in [0.15, 0.2) is 0 Å². The smallest absolute Gasteiger partial charge is 0.0675 e. The minimum Gasteiger partial charge on any atom is -0.396 e. The maximum atomic E-state index is 11.5. The van der Waals surface area contributed by atoms with Crippen LogP contribution in [0.4, 0.5) is 0 Å². The van der Waals surface area contributed by atoms with E-state index in [2.05, 4.69) is 13.8 Å². The Labute approximate surface area is 170 Å². The van der Waals surface area contributed by atoms with Crippen molar-refractivity contribution in [3.8, 4) is 0 Å². The summed E-state index contributed by atoms with van der Waals surface area (Å²) >= 11 is 0. The third-order valence-electron chi connectivity index (χ3n) is 6.16. The van der Waals surface area contributed by atoms with Crippen LogP contribution < -0.4 is 0 Å². The summed E-state index contributed by atoms with van der Waals surface area (Å²) in [5, 5.41) is 29.7. The number of aliphatic hydroxyl groups excluding tert-OH is 2. The van der Waals surface area contributed by atoms with Crippen molar-refractivity contribution in [3.63, 3.8) is 0 Å². The molecule has 27 heavy (non-hydrogen) atoms. The molecular formula is C24H50O3. The summed E-state index contributed by atoms with van der Waals surface area (Å²) in [6.07, 6.45) is 18.6. The van der Waals surface area contributed by atoms with Gasteiger partial charge in [-0.05, 0) is 44.9 Å². The zero-order valence-electron chi connectivity index (χ0n) is 18.7. The fraction of sp³-hybridized carbons (Fsp3) is 1.00. The van der Waals surface area contributed by atoms with Gasteiger partial charge in [-0.25, -0.2) is 0 Å². The van der Waals surface area contributed by atoms with E-state index < -0.39 is 5.60 Å². The van der Waals surface area contributed by atoms with Gasteiger partial charge in [0.2, 0.25) is 0 Å². The third kappa shape index (κ3) is 14.5. The monoisotopic (exact) mass is 386 g/mol. The number of hydrogen-bond donors (Lipinski definition) is 3. The van der Waals surface area contributed by atoms with Crippen molar-refractivity contribution in [3.05, 3.63) is 0 Å². The van der Waals surface area contributed by atoms with Gasteiger partial charge in [-0.15, -0.1) is 0 Å². The molecule has 3 atom stereocenters. The first-order valence-electron chi connectivity index (χ1n) is 12.0. The number of hydrogen-bond acceptors (Lipinski definition) is 3. The average molecular weight is 387 g/mol. The largest absolute Gasteiger partial charge is 0.396 e. The predicted octanol–water partition coefficient (Wildman–Crippen LogP) is 6.38. The number of rotatable bonds is 20. The first kappa shape index (κ1) is 26.9. The van der Waals surface area contributed by atoms with Crippen molar-refractivity contribution < 1.29 is 15.3 Å². The number of unbranched alkanes of at least 4 members (excludes halogenated alkanes) is 9. The van der Waals surface area contributed by atoms with E-state index in [1.165, 1.54) is 38.5 Å². The highest BCUT2D eigenvalue weighted by Gasteiger charge is 2.33. The molecule has 0 heterocycles. The molecule has 0 spiro atoms. The molecule has 164 valence electrons. The van der Waals surface area contributed by atoms with Gasteiger partial charge in [0.05, 0.1) is 11.7 Å². The van der Waals surface area contributed by atoms with Crippen molar-refractivity contribution in [2.75, 3.05) is 6.61 Å². The summed E-state index contributed by atoms with van der Waals surface area (Å²) in [6, 6.07) is 0. The van der Waals surface area contributed by atoms with Gasteiger partial charge in [0.1, 0.15) is 0 Å². The maximum Gasteiger partial charge on any atom is 0.0675 e. The van der Waals surface area contributed by atoms with Crippen LogP contribution in [0.15, 0.2) is 0 Å². The van der Waals surface area contributed by atoms with Crippen LogP contribution in [0.3, 0.4) is 0 Å². The minimum atomic E-state index is -0.487. The molecule has 3 N–H and O–H groups in total. The van der Waals surface area contributed by atoms with Crippen molar-refractivity contribution in [1.82, 2.24) is 0 Å². The fourth-order valence-electron chi connectivity index (χ4n) is 4.31. The summed E-state index contributed by atoms with van der Waals surface area (Å²) in [4.78, 5) is 0. The van der Waals surface area contributed by atoms with Gasteiger partial charge in [-0.3, -0.25) is 0 Å². The van der Waals surface area contributed by atoms with Crippen molar-refractivity contribution >= 4 is 0 Å². The molecule has 0 aromatic heterocycles. The van der Waals surface area contributed by atoms with E-state index in [9.17, 15) is 10.2 Å². The first-order chi connectivity index (χ1) is 13.0. The molecule has 0 aliphatic rings. The van der Waals surface area contributed by atoms with Gasteiger partial charge in [-0.2, -0.15) is 0 Å². The van der Waals surface area contributed by atoms with Crippen molar-refractivity contribution in [1.29, 1.82) is 0 Å². The molecule has 3 nitrogen and oxygen atoms in total. The lowest BCUT2D eigenvalue weighted by molar-refractivity contribution is -0.0431. The molecular weight excluding hydrogens is 336 g/mol. The molecule has 0 bridgehead atoms. The topological polar surface area (TPSA) is 60.7 Å². The highest BCUT2D eigenvalue weighted by atomic mass is 16.3. The standard InChI is InChI=1S/C24H50O3/c1-4-6-18-23(5-2)24(27,19-14-10-7-8-12-16-21-25)20-15-11-9-13-17-22(3)26/h22-23,25-27H,4-21H2,1-3H3. The highest BCUT2D eigenvalue weighted by Crippen LogP contribution is 2.35. The Kier molecular flexibility index (Phi) is 17.9. The molecule has 0 aliphatic heterocycles. The highest BCUT2D eigenvalue weighted by molar-refractivity contribution is 4.86. The average Bonchev–Trinajstić information content (AvgIpc) is 2.64. The summed E-state index contributed by atoms with van der Waals surface area (Å²) in [7, 11) is 0. The second-order valence-corrected chi connectivity index (χ2v) is 8.75. The van der Waals surface area contributed by atoms with Crippen LogP contribution in [0.1, 0.15) is 130 Å². The van der Waals surface area contributed by atoms with E-state index >= 15 is 0 Å². The van der Waals surface area contributed by atoms with E-state index in [1.807, 2.05) is 6.92 Å². The number of aliphatic hydroxyl groups is 3. The Morgan fingerprint density at radius 3 is 1.70 bits per heavy atom. The fourth-order valence-corrected chi connectivity index (χ4v) is 4.31. The van der Waals surface area contributed by atoms with Gasteiger partial charge in [-0.1, -0.05) is 90.9 Å². The first-order valence-corrected chi connectivity index (χ1v) is 12.0. The summed E-state index contributed by atoms with van der Waals surface area (Å²) in [6.45, 7) is 6.65. The van der Waals surface area contributed by atoms with Crippen LogP contribution in [0.5, 0.6) is 0 Å². The Balaban J connectivity index is 4.34. The predicted molar refractivity (Wildman–Crippen MR) is 117 cm³/mol. The molecule has 0 amide bonds. The van der Waals surface area contributed by atoms with Crippen molar-refractivity contribution in [2.24, 2.45) is 5.92 Å². The maximum absolute atomic E-state index is 11.5. The van der Waals surface area contributed by atoms with Crippen LogP contribution in [0.25, 0.3) is 0 Å². The molecule has 0 saturated heterocycles. The molecule has 0 saturated carbocycles. The van der Waals surface area contributed by atoms with Crippen LogP contribution in [0, 0.1) is 5.92 Å². The Morgan fingerprint density at radius 1 is 0.704 bits per heavy atom. The lowest BCUT2D eigenvalue weighted by atomic mass is 9.75. The zero-order valence-corrected chi connectivity index (χ0v) is 18.7. The third-order valence-corrected chi connectivity index (χ3v) is 6.16. The van der Waals surface area contributed by atoms with Gasteiger partial charge in [0, 0.05) is 6.61 Å². The molecule has 0 aromatic carbocycles. The molecule has 0 aliphatic carbocycles. The van der Waals surface area contributed by atoms with Crippen LogP contribution in [-0.2, 0) is 0 Å². The Bertz CT molecular complexity index is 306. The zero-order chi connectivity index (χ0) is 20.4. The second kappa shape index (κ2) is 17.9. The molecule has 0 rings (SSSR count). The molecule has 0 radical (unpaired) electrons. The summed E-state index contributed by atoms with van der Waals surface area (Å²) in [5.74, 6) is 0.435. The summed E-state index contributed by atoms with van der Waals surface area (Å²) in [5.41, 5.74) is -0.487.